The first-order valence-electron chi connectivity index (χ1n) is 12.2. The molecule has 0 aliphatic carbocycles. The van der Waals surface area contributed by atoms with Crippen LogP contribution in [0, 0.1) is 6.92 Å². The van der Waals surface area contributed by atoms with Crippen molar-refractivity contribution in [2.24, 2.45) is 0 Å². The molecule has 198 valence electrons. The van der Waals surface area contributed by atoms with Crippen LogP contribution in [0.5, 0.6) is 0 Å². The summed E-state index contributed by atoms with van der Waals surface area (Å²) in [5.41, 5.74) is 3.03. The third-order valence-electron chi connectivity index (χ3n) is 6.23. The number of aryl methyl sites for hydroxylation is 1. The van der Waals surface area contributed by atoms with Crippen molar-refractivity contribution >= 4 is 32.9 Å². The van der Waals surface area contributed by atoms with Crippen LogP contribution in [-0.2, 0) is 32.5 Å². The number of fused-ring (bicyclic) bond motifs is 1. The van der Waals surface area contributed by atoms with Crippen molar-refractivity contribution in [3.05, 3.63) is 101 Å². The summed E-state index contributed by atoms with van der Waals surface area (Å²) in [4.78, 5) is 24.1. The lowest BCUT2D eigenvalue weighted by Crippen LogP contribution is -2.32. The number of esters is 2. The van der Waals surface area contributed by atoms with Crippen LogP contribution in [0.1, 0.15) is 44.5 Å². The van der Waals surface area contributed by atoms with Gasteiger partial charge in [-0.25, -0.2) is 18.0 Å². The van der Waals surface area contributed by atoms with E-state index in [-0.39, 0.29) is 30.4 Å². The molecule has 0 radical (unpaired) electrons. The summed E-state index contributed by atoms with van der Waals surface area (Å²) in [5, 5.41) is 0.527. The molecule has 3 aromatic carbocycles. The minimum absolute atomic E-state index is 0.0584. The van der Waals surface area contributed by atoms with Crippen LogP contribution in [0.2, 0.25) is 0 Å². The molecule has 4 rings (SSSR count). The number of rotatable bonds is 10. The lowest BCUT2D eigenvalue weighted by Gasteiger charge is -2.23. The van der Waals surface area contributed by atoms with E-state index in [1.807, 2.05) is 30.3 Å². The van der Waals surface area contributed by atoms with Gasteiger partial charge in [0, 0.05) is 24.0 Å². The minimum Gasteiger partial charge on any atom is -0.465 e. The Morgan fingerprint density at radius 3 is 2.29 bits per heavy atom. The van der Waals surface area contributed by atoms with E-state index in [1.165, 1.54) is 23.5 Å². The van der Waals surface area contributed by atoms with Crippen molar-refractivity contribution in [1.82, 2.24) is 4.31 Å². The number of benzene rings is 3. The molecule has 1 aromatic heterocycles. The molecule has 1 heterocycles. The van der Waals surface area contributed by atoms with Crippen LogP contribution in [0.3, 0.4) is 0 Å². The van der Waals surface area contributed by atoms with Gasteiger partial charge in [-0.1, -0.05) is 42.5 Å². The van der Waals surface area contributed by atoms with Crippen molar-refractivity contribution in [3.8, 4) is 0 Å². The zero-order valence-electron chi connectivity index (χ0n) is 21.5. The maximum absolute atomic E-state index is 13.9. The van der Waals surface area contributed by atoms with Crippen LogP contribution >= 0.6 is 0 Å². The number of sulfonamides is 1. The Balaban J connectivity index is 1.68. The second-order valence-corrected chi connectivity index (χ2v) is 10.6. The number of carbonyl (C=O) groups is 2. The van der Waals surface area contributed by atoms with Gasteiger partial charge >= 0.3 is 11.9 Å². The predicted octanol–water partition coefficient (Wildman–Crippen LogP) is 5.14. The third-order valence-corrected chi connectivity index (χ3v) is 8.07. The Labute approximate surface area is 221 Å². The summed E-state index contributed by atoms with van der Waals surface area (Å²) < 4.78 is 44.7. The molecular formula is C29H29NO7S. The average molecular weight is 536 g/mol. The fraction of sp³-hybridized carbons (Fsp3) is 0.241. The molecule has 4 aromatic rings. The number of nitrogens with zero attached hydrogens (tertiary/aromatic N) is 1. The molecule has 0 saturated heterocycles. The van der Waals surface area contributed by atoms with Gasteiger partial charge in [0.25, 0.3) is 0 Å². The normalized spacial score (nSPS) is 11.6. The lowest BCUT2D eigenvalue weighted by molar-refractivity contribution is 0.0491. The first kappa shape index (κ1) is 27.1. The molecular weight excluding hydrogens is 506 g/mol. The van der Waals surface area contributed by atoms with Crippen LogP contribution in [0.15, 0.2) is 82.1 Å². The second kappa shape index (κ2) is 11.6. The summed E-state index contributed by atoms with van der Waals surface area (Å²) in [6.07, 6.45) is 0.514. The van der Waals surface area contributed by atoms with Gasteiger partial charge in [0.1, 0.15) is 5.58 Å². The monoisotopic (exact) mass is 535 g/mol. The molecule has 0 amide bonds. The maximum atomic E-state index is 13.9. The summed E-state index contributed by atoms with van der Waals surface area (Å²) in [7, 11) is -2.64. The molecule has 9 heteroatoms. The van der Waals surface area contributed by atoms with Gasteiger partial charge in [-0.05, 0) is 61.7 Å². The van der Waals surface area contributed by atoms with Crippen molar-refractivity contribution in [3.63, 3.8) is 0 Å². The number of methoxy groups -OCH3 is 1. The van der Waals surface area contributed by atoms with Crippen molar-refractivity contribution in [1.29, 1.82) is 0 Å². The molecule has 0 saturated carbocycles. The second-order valence-electron chi connectivity index (χ2n) is 8.70. The van der Waals surface area contributed by atoms with E-state index in [4.69, 9.17) is 13.9 Å². The van der Waals surface area contributed by atoms with Crippen LogP contribution in [0.4, 0.5) is 0 Å². The minimum atomic E-state index is -3.95. The SMILES string of the molecule is CCOC(=O)c1oc2ccc(S(=O)(=O)N(CCc3ccccc3)Cc3ccc(C(=O)OC)cc3)cc2c1C. The molecule has 8 nitrogen and oxygen atoms in total. The molecule has 0 bridgehead atoms. The Bertz CT molecular complexity index is 1540. The Morgan fingerprint density at radius 2 is 1.63 bits per heavy atom. The number of furan rings is 1. The topological polar surface area (TPSA) is 103 Å². The Kier molecular flexibility index (Phi) is 8.29. The van der Waals surface area contributed by atoms with Crippen molar-refractivity contribution in [2.45, 2.75) is 31.7 Å². The van der Waals surface area contributed by atoms with E-state index in [0.29, 0.717) is 28.5 Å². The van der Waals surface area contributed by atoms with Gasteiger partial charge in [0.2, 0.25) is 15.8 Å². The number of carbonyl (C=O) groups excluding carboxylic acids is 2. The van der Waals surface area contributed by atoms with Gasteiger partial charge in [0.15, 0.2) is 0 Å². The smallest absolute Gasteiger partial charge is 0.374 e. The average Bonchev–Trinajstić information content (AvgIpc) is 3.27. The summed E-state index contributed by atoms with van der Waals surface area (Å²) in [6.45, 7) is 3.94. The fourth-order valence-corrected chi connectivity index (χ4v) is 5.61. The highest BCUT2D eigenvalue weighted by Crippen LogP contribution is 2.30. The van der Waals surface area contributed by atoms with Crippen molar-refractivity contribution in [2.75, 3.05) is 20.3 Å². The van der Waals surface area contributed by atoms with Gasteiger partial charge in [-0.15, -0.1) is 0 Å². The van der Waals surface area contributed by atoms with E-state index in [1.54, 1.807) is 44.2 Å². The van der Waals surface area contributed by atoms with Crippen LogP contribution in [0.25, 0.3) is 11.0 Å². The first-order valence-corrected chi connectivity index (χ1v) is 13.6. The highest BCUT2D eigenvalue weighted by Gasteiger charge is 2.27. The quantitative estimate of drug-likeness (QED) is 0.259. The third kappa shape index (κ3) is 5.79. The number of hydrogen-bond donors (Lipinski definition) is 0. The largest absolute Gasteiger partial charge is 0.465 e. The lowest BCUT2D eigenvalue weighted by atomic mass is 10.1. The molecule has 38 heavy (non-hydrogen) atoms. The van der Waals surface area contributed by atoms with E-state index in [2.05, 4.69) is 0 Å². The highest BCUT2D eigenvalue weighted by atomic mass is 32.2. The summed E-state index contributed by atoms with van der Waals surface area (Å²) >= 11 is 0. The molecule has 0 N–H and O–H groups in total. The van der Waals surface area contributed by atoms with Gasteiger partial charge < -0.3 is 13.9 Å². The molecule has 0 atom stereocenters. The van der Waals surface area contributed by atoms with Crippen molar-refractivity contribution < 1.29 is 31.9 Å². The van der Waals surface area contributed by atoms with Gasteiger partial charge in [-0.3, -0.25) is 0 Å². The van der Waals surface area contributed by atoms with Gasteiger partial charge in [-0.2, -0.15) is 4.31 Å². The van der Waals surface area contributed by atoms with E-state index >= 15 is 0 Å². The fourth-order valence-electron chi connectivity index (χ4n) is 4.15. The molecule has 0 aliphatic heterocycles. The Hall–Kier alpha value is -3.95. The maximum Gasteiger partial charge on any atom is 0.374 e. The highest BCUT2D eigenvalue weighted by molar-refractivity contribution is 7.89. The van der Waals surface area contributed by atoms with Gasteiger partial charge in [0.05, 0.1) is 24.2 Å². The molecule has 0 spiro atoms. The summed E-state index contributed by atoms with van der Waals surface area (Å²) in [6, 6.07) is 20.9. The number of hydrogen-bond acceptors (Lipinski definition) is 7. The summed E-state index contributed by atoms with van der Waals surface area (Å²) in [5.74, 6) is -0.996. The first-order chi connectivity index (χ1) is 18.2. The molecule has 0 aliphatic rings. The standard InChI is InChI=1S/C29H29NO7S/c1-4-36-29(32)27-20(2)25-18-24(14-15-26(25)37-27)38(33,34)30(17-16-21-8-6-5-7-9-21)19-22-10-12-23(13-11-22)28(31)35-3/h5-15,18H,4,16-17,19H2,1-3H3. The van der Waals surface area contributed by atoms with E-state index in [0.717, 1.165) is 11.1 Å². The van der Waals surface area contributed by atoms with E-state index in [9.17, 15) is 18.0 Å². The number of ether oxygens (including phenoxy) is 2. The Morgan fingerprint density at radius 1 is 0.921 bits per heavy atom. The van der Waals surface area contributed by atoms with Crippen LogP contribution in [-0.4, -0.2) is 44.9 Å². The predicted molar refractivity (Wildman–Crippen MR) is 142 cm³/mol. The molecule has 0 unspecified atom stereocenters. The van der Waals surface area contributed by atoms with E-state index < -0.39 is 22.0 Å². The zero-order valence-corrected chi connectivity index (χ0v) is 22.3. The zero-order chi connectivity index (χ0) is 27.3. The van der Waals surface area contributed by atoms with Crippen LogP contribution < -0.4 is 0 Å². The molecule has 0 fully saturated rings.